The van der Waals surface area contributed by atoms with E-state index < -0.39 is 6.10 Å². The van der Waals surface area contributed by atoms with Crippen LogP contribution in [0.3, 0.4) is 0 Å². The summed E-state index contributed by atoms with van der Waals surface area (Å²) in [6.07, 6.45) is -0.630. The number of hydrogen-bond acceptors (Lipinski definition) is 3. The molecular formula is C13H20O3. The Bertz CT molecular complexity index is 310. The van der Waals surface area contributed by atoms with Crippen molar-refractivity contribution >= 4 is 0 Å². The number of hydrogen-bond donors (Lipinski definition) is 1. The zero-order chi connectivity index (χ0) is 12.0. The van der Waals surface area contributed by atoms with Gasteiger partial charge in [0.2, 0.25) is 0 Å². The fourth-order valence-electron chi connectivity index (χ4n) is 1.45. The summed E-state index contributed by atoms with van der Waals surface area (Å²) in [6, 6.07) is 7.44. The summed E-state index contributed by atoms with van der Waals surface area (Å²) >= 11 is 0. The first-order valence-electron chi connectivity index (χ1n) is 5.54. The Balaban J connectivity index is 2.55. The van der Waals surface area contributed by atoms with E-state index in [1.807, 2.05) is 24.3 Å². The molecule has 0 spiro atoms. The molecule has 0 aliphatic heterocycles. The van der Waals surface area contributed by atoms with Gasteiger partial charge in [-0.25, -0.2) is 0 Å². The second-order valence-electron chi connectivity index (χ2n) is 4.19. The molecule has 0 saturated carbocycles. The van der Waals surface area contributed by atoms with Crippen LogP contribution in [0.1, 0.15) is 25.5 Å². The van der Waals surface area contributed by atoms with Crippen LogP contribution in [0, 0.1) is 5.92 Å². The van der Waals surface area contributed by atoms with Gasteiger partial charge >= 0.3 is 0 Å². The van der Waals surface area contributed by atoms with E-state index in [2.05, 4.69) is 13.8 Å². The first-order valence-corrected chi connectivity index (χ1v) is 5.54. The van der Waals surface area contributed by atoms with Gasteiger partial charge in [-0.3, -0.25) is 0 Å². The number of para-hydroxylation sites is 1. The van der Waals surface area contributed by atoms with Crippen molar-refractivity contribution in [2.24, 2.45) is 5.92 Å². The molecule has 0 amide bonds. The van der Waals surface area contributed by atoms with Crippen LogP contribution in [0.4, 0.5) is 0 Å². The van der Waals surface area contributed by atoms with E-state index >= 15 is 0 Å². The lowest BCUT2D eigenvalue weighted by atomic mass is 10.1. The molecule has 1 aromatic rings. The minimum Gasteiger partial charge on any atom is -0.496 e. The maximum absolute atomic E-state index is 9.94. The molecule has 0 aliphatic carbocycles. The van der Waals surface area contributed by atoms with Gasteiger partial charge in [0.05, 0.1) is 13.7 Å². The fraction of sp³-hybridized carbons (Fsp3) is 0.538. The number of rotatable bonds is 6. The van der Waals surface area contributed by atoms with Crippen molar-refractivity contribution in [1.29, 1.82) is 0 Å². The van der Waals surface area contributed by atoms with Crippen molar-refractivity contribution in [3.8, 4) is 5.75 Å². The third-order valence-electron chi connectivity index (χ3n) is 2.22. The molecule has 3 nitrogen and oxygen atoms in total. The molecule has 0 aromatic heterocycles. The maximum Gasteiger partial charge on any atom is 0.124 e. The van der Waals surface area contributed by atoms with Crippen molar-refractivity contribution < 1.29 is 14.6 Å². The maximum atomic E-state index is 9.94. The van der Waals surface area contributed by atoms with Gasteiger partial charge in [0.25, 0.3) is 0 Å². The molecule has 0 bridgehead atoms. The highest BCUT2D eigenvalue weighted by atomic mass is 16.5. The molecule has 1 N–H and O–H groups in total. The minimum atomic E-state index is -0.630. The van der Waals surface area contributed by atoms with Gasteiger partial charge in [-0.2, -0.15) is 0 Å². The first-order chi connectivity index (χ1) is 7.65. The van der Waals surface area contributed by atoms with E-state index in [4.69, 9.17) is 9.47 Å². The Hall–Kier alpha value is -1.06. The normalized spacial score (nSPS) is 12.8. The van der Waals surface area contributed by atoms with Crippen LogP contribution in [0.25, 0.3) is 0 Å². The van der Waals surface area contributed by atoms with Crippen molar-refractivity contribution in [3.05, 3.63) is 29.8 Å². The Labute approximate surface area is 97.0 Å². The summed E-state index contributed by atoms with van der Waals surface area (Å²) in [5, 5.41) is 9.94. The highest BCUT2D eigenvalue weighted by molar-refractivity contribution is 5.34. The minimum absolute atomic E-state index is 0.304. The van der Waals surface area contributed by atoms with Gasteiger partial charge in [0.15, 0.2) is 0 Å². The second-order valence-corrected chi connectivity index (χ2v) is 4.19. The fourth-order valence-corrected chi connectivity index (χ4v) is 1.45. The Kier molecular flexibility index (Phi) is 5.29. The number of aliphatic hydroxyl groups is 1. The summed E-state index contributed by atoms with van der Waals surface area (Å²) in [7, 11) is 1.60. The van der Waals surface area contributed by atoms with Crippen LogP contribution in [0.2, 0.25) is 0 Å². The van der Waals surface area contributed by atoms with Crippen LogP contribution in [-0.2, 0) is 4.74 Å². The van der Waals surface area contributed by atoms with Crippen LogP contribution < -0.4 is 4.74 Å². The molecular weight excluding hydrogens is 204 g/mol. The monoisotopic (exact) mass is 224 g/mol. The number of benzene rings is 1. The lowest BCUT2D eigenvalue weighted by Gasteiger charge is -2.15. The molecule has 0 fully saturated rings. The smallest absolute Gasteiger partial charge is 0.124 e. The van der Waals surface area contributed by atoms with Crippen LogP contribution in [0.15, 0.2) is 24.3 Å². The standard InChI is InChI=1S/C13H20O3/c1-10(2)8-16-9-12(14)11-6-4-5-7-13(11)15-3/h4-7,10,12,14H,8-9H2,1-3H3. The van der Waals surface area contributed by atoms with Gasteiger partial charge in [-0.15, -0.1) is 0 Å². The Morgan fingerprint density at radius 2 is 1.88 bits per heavy atom. The Morgan fingerprint density at radius 3 is 2.50 bits per heavy atom. The number of aliphatic hydroxyl groups excluding tert-OH is 1. The van der Waals surface area contributed by atoms with Crippen molar-refractivity contribution in [2.75, 3.05) is 20.3 Å². The van der Waals surface area contributed by atoms with Crippen LogP contribution in [-0.4, -0.2) is 25.4 Å². The lowest BCUT2D eigenvalue weighted by Crippen LogP contribution is -2.11. The van der Waals surface area contributed by atoms with Gasteiger partial charge < -0.3 is 14.6 Å². The van der Waals surface area contributed by atoms with E-state index in [-0.39, 0.29) is 0 Å². The average molecular weight is 224 g/mol. The molecule has 16 heavy (non-hydrogen) atoms. The largest absolute Gasteiger partial charge is 0.496 e. The highest BCUT2D eigenvalue weighted by Crippen LogP contribution is 2.24. The van der Waals surface area contributed by atoms with Crippen molar-refractivity contribution in [1.82, 2.24) is 0 Å². The summed E-state index contributed by atoms with van der Waals surface area (Å²) < 4.78 is 10.6. The third-order valence-corrected chi connectivity index (χ3v) is 2.22. The number of methoxy groups -OCH3 is 1. The van der Waals surface area contributed by atoms with Gasteiger partial charge in [0.1, 0.15) is 11.9 Å². The first kappa shape index (κ1) is 13.0. The SMILES string of the molecule is COc1ccccc1C(O)COCC(C)C. The topological polar surface area (TPSA) is 38.7 Å². The molecule has 0 saturated heterocycles. The zero-order valence-corrected chi connectivity index (χ0v) is 10.1. The summed E-state index contributed by atoms with van der Waals surface area (Å²) in [6.45, 7) is 5.12. The van der Waals surface area contributed by atoms with Crippen molar-refractivity contribution in [2.45, 2.75) is 20.0 Å². The molecule has 1 unspecified atom stereocenters. The molecule has 1 atom stereocenters. The van der Waals surface area contributed by atoms with Crippen LogP contribution in [0.5, 0.6) is 5.75 Å². The van der Waals surface area contributed by atoms with Crippen LogP contribution >= 0.6 is 0 Å². The van der Waals surface area contributed by atoms with Crippen molar-refractivity contribution in [3.63, 3.8) is 0 Å². The predicted octanol–water partition coefficient (Wildman–Crippen LogP) is 2.40. The van der Waals surface area contributed by atoms with Gasteiger partial charge in [-0.1, -0.05) is 32.0 Å². The van der Waals surface area contributed by atoms with Gasteiger partial charge in [-0.05, 0) is 12.0 Å². The summed E-state index contributed by atoms with van der Waals surface area (Å²) in [5.41, 5.74) is 0.772. The zero-order valence-electron chi connectivity index (χ0n) is 10.1. The third kappa shape index (κ3) is 3.83. The molecule has 0 aliphatic rings. The summed E-state index contributed by atoms with van der Waals surface area (Å²) in [4.78, 5) is 0. The van der Waals surface area contributed by atoms with Gasteiger partial charge in [0, 0.05) is 12.2 Å². The second kappa shape index (κ2) is 6.51. The molecule has 3 heteroatoms. The highest BCUT2D eigenvalue weighted by Gasteiger charge is 2.12. The molecule has 90 valence electrons. The molecule has 0 radical (unpaired) electrons. The van der Waals surface area contributed by atoms with E-state index in [0.717, 1.165) is 5.56 Å². The lowest BCUT2D eigenvalue weighted by molar-refractivity contribution is 0.0240. The Morgan fingerprint density at radius 1 is 1.19 bits per heavy atom. The molecule has 0 heterocycles. The van der Waals surface area contributed by atoms with E-state index in [1.165, 1.54) is 0 Å². The quantitative estimate of drug-likeness (QED) is 0.806. The molecule has 1 rings (SSSR count). The summed E-state index contributed by atoms with van der Waals surface area (Å²) in [5.74, 6) is 1.17. The average Bonchev–Trinajstić information content (AvgIpc) is 2.28. The molecule has 1 aromatic carbocycles. The van der Waals surface area contributed by atoms with E-state index in [0.29, 0.717) is 24.9 Å². The predicted molar refractivity (Wildman–Crippen MR) is 63.6 cm³/mol. The number of ether oxygens (including phenoxy) is 2. The van der Waals surface area contributed by atoms with E-state index in [1.54, 1.807) is 7.11 Å². The van der Waals surface area contributed by atoms with E-state index in [9.17, 15) is 5.11 Å².